The number of anilines is 2. The molecular weight excluding hydrogens is 900 g/mol. The van der Waals surface area contributed by atoms with Crippen molar-refractivity contribution in [1.82, 2.24) is 40.0 Å². The van der Waals surface area contributed by atoms with E-state index < -0.39 is 14.8 Å². The van der Waals surface area contributed by atoms with Crippen LogP contribution in [-0.4, -0.2) is 79.2 Å². The molecule has 5 N–H and O–H groups in total. The number of rotatable bonds is 16. The molecule has 0 fully saturated rings. The van der Waals surface area contributed by atoms with Crippen molar-refractivity contribution in [2.24, 2.45) is 0 Å². The van der Waals surface area contributed by atoms with Crippen LogP contribution in [0.2, 0.25) is 0 Å². The molecule has 2 unspecified atom stereocenters. The summed E-state index contributed by atoms with van der Waals surface area (Å²) in [6.45, 7) is 4.39. The zero-order valence-electron chi connectivity index (χ0n) is 37.0. The molecule has 0 radical (unpaired) electrons. The van der Waals surface area contributed by atoms with E-state index in [1.807, 2.05) is 126 Å². The third-order valence-corrected chi connectivity index (χ3v) is 10.5. The van der Waals surface area contributed by atoms with Crippen molar-refractivity contribution in [3.05, 3.63) is 156 Å². The Morgan fingerprint density at radius 1 is 0.627 bits per heavy atom. The molecule has 0 amide bonds. The van der Waals surface area contributed by atoms with E-state index in [9.17, 15) is 9.90 Å². The van der Waals surface area contributed by atoms with Crippen LogP contribution >= 0.6 is 0 Å². The molecule has 8 rings (SSSR count). The fourth-order valence-corrected chi connectivity index (χ4v) is 6.82. The number of carbonyl (C=O) groups is 1. The molecular formula is C48H48MnN10O8. The van der Waals surface area contributed by atoms with Gasteiger partial charge in [0.2, 0.25) is 0 Å². The van der Waals surface area contributed by atoms with Gasteiger partial charge in [0.05, 0.1) is 42.5 Å². The molecule has 0 aliphatic rings. The van der Waals surface area contributed by atoms with Crippen LogP contribution in [0.4, 0.5) is 11.6 Å². The van der Waals surface area contributed by atoms with Gasteiger partial charge in [0.25, 0.3) is 0 Å². The number of hydrogen-bond acceptors (Lipinski definition) is 16. The molecule has 0 spiro atoms. The Balaban J connectivity index is 0.000000209. The third-order valence-electron chi connectivity index (χ3n) is 10.5. The Morgan fingerprint density at radius 3 is 1.45 bits per heavy atom. The molecule has 2 atom stereocenters. The number of aldehydes is 1. The van der Waals surface area contributed by atoms with Gasteiger partial charge in [0.1, 0.15) is 17.8 Å². The summed E-state index contributed by atoms with van der Waals surface area (Å²) in [5.41, 5.74) is 21.9. The molecule has 0 saturated carbocycles. The van der Waals surface area contributed by atoms with E-state index in [1.54, 1.807) is 38.7 Å². The van der Waals surface area contributed by atoms with E-state index in [0.717, 1.165) is 56.4 Å². The average Bonchev–Trinajstić information content (AvgIpc) is 4.07. The first kappa shape index (κ1) is 48.8. The summed E-state index contributed by atoms with van der Waals surface area (Å²) in [5, 5.41) is 35.1. The molecule has 0 saturated heterocycles. The van der Waals surface area contributed by atoms with E-state index in [0.29, 0.717) is 40.1 Å². The molecule has 18 nitrogen and oxygen atoms in total. The number of nitrogens with zero attached hydrogens (tertiary/aromatic N) is 8. The summed E-state index contributed by atoms with van der Waals surface area (Å²) in [7, 11) is 3.14. The van der Waals surface area contributed by atoms with Crippen molar-refractivity contribution in [2.45, 2.75) is 32.5 Å². The number of benzene rings is 4. The Hall–Kier alpha value is -7.67. The Kier molecular flexibility index (Phi) is 17.5. The molecule has 345 valence electrons. The van der Waals surface area contributed by atoms with Gasteiger partial charge in [0, 0.05) is 65.6 Å². The molecule has 4 aromatic carbocycles. The standard InChI is InChI=1S/C24H25N5O3.C24H23N5O3.Mn.2O/c2*1-16(18-9-7-17(14-30)8-10-18)29-13-19(12-26-29)21-11-22(27-28-24(21)25)20-5-3-4-6-23(20)32-15-31-2;;;/h3-13,16,30H,14-15H2,1-2H3,(H2,25,28);3-14,16H,15H2,1-2H3,(H2,25,28);;;. The van der Waals surface area contributed by atoms with E-state index in [2.05, 4.69) is 37.5 Å². The van der Waals surface area contributed by atoms with Crippen LogP contribution in [0.1, 0.15) is 53.0 Å². The maximum atomic E-state index is 10.9. The molecule has 8 aromatic rings. The van der Waals surface area contributed by atoms with Gasteiger partial charge < -0.3 is 35.5 Å². The first-order valence-electron chi connectivity index (χ1n) is 20.5. The summed E-state index contributed by atoms with van der Waals surface area (Å²) < 4.78 is 41.9. The second-order valence-corrected chi connectivity index (χ2v) is 14.9. The average molecular weight is 948 g/mol. The van der Waals surface area contributed by atoms with Crippen LogP contribution in [-0.2, 0) is 38.6 Å². The topological polar surface area (TPSA) is 248 Å². The van der Waals surface area contributed by atoms with E-state index >= 15 is 0 Å². The third kappa shape index (κ3) is 12.4. The second kappa shape index (κ2) is 24.0. The monoisotopic (exact) mass is 947 g/mol. The van der Waals surface area contributed by atoms with Crippen molar-refractivity contribution in [1.29, 1.82) is 0 Å². The number of aliphatic hydroxyl groups is 1. The number of nitrogens with two attached hydrogens (primary N) is 2. The number of methoxy groups -OCH3 is 2. The van der Waals surface area contributed by atoms with Gasteiger partial charge in [0.15, 0.2) is 25.2 Å². The Bertz CT molecular complexity index is 2900. The van der Waals surface area contributed by atoms with Gasteiger partial charge in [-0.25, -0.2) is 0 Å². The summed E-state index contributed by atoms with van der Waals surface area (Å²) in [4.78, 5) is 10.9. The van der Waals surface area contributed by atoms with Crippen LogP contribution < -0.4 is 20.9 Å². The van der Waals surface area contributed by atoms with Crippen LogP contribution in [0.15, 0.2) is 134 Å². The zero-order chi connectivity index (χ0) is 47.7. The minimum atomic E-state index is -1.44. The van der Waals surface area contributed by atoms with Crippen molar-refractivity contribution in [2.75, 3.05) is 39.3 Å². The molecule has 4 aromatic heterocycles. The number of para-hydroxylation sites is 2. The van der Waals surface area contributed by atoms with E-state index in [4.69, 9.17) is 38.1 Å². The number of nitrogen functional groups attached to an aromatic ring is 2. The van der Waals surface area contributed by atoms with Gasteiger partial charge in [-0.3, -0.25) is 14.2 Å². The molecule has 67 heavy (non-hydrogen) atoms. The quantitative estimate of drug-likeness (QED) is 0.0484. The van der Waals surface area contributed by atoms with Crippen molar-refractivity contribution < 1.29 is 51.3 Å². The fourth-order valence-electron chi connectivity index (χ4n) is 6.82. The molecule has 0 aliphatic carbocycles. The van der Waals surface area contributed by atoms with Crippen molar-refractivity contribution >= 4 is 17.9 Å². The van der Waals surface area contributed by atoms with Crippen molar-refractivity contribution in [3.63, 3.8) is 0 Å². The zero-order valence-corrected chi connectivity index (χ0v) is 38.2. The van der Waals surface area contributed by atoms with Gasteiger partial charge in [-0.15, -0.1) is 20.4 Å². The summed E-state index contributed by atoms with van der Waals surface area (Å²) in [6.07, 6.45) is 8.21. The predicted molar refractivity (Wildman–Crippen MR) is 244 cm³/mol. The second-order valence-electron chi connectivity index (χ2n) is 14.7. The van der Waals surface area contributed by atoms with Gasteiger partial charge in [-0.2, -0.15) is 10.2 Å². The van der Waals surface area contributed by atoms with Gasteiger partial charge in [-0.05, 0) is 66.9 Å². The number of hydrogen-bond donors (Lipinski definition) is 3. The molecule has 19 heteroatoms. The summed E-state index contributed by atoms with van der Waals surface area (Å²) in [5.74, 6) is 1.92. The van der Waals surface area contributed by atoms with Gasteiger partial charge >= 0.3 is 22.5 Å². The minimum absolute atomic E-state index is 0.00940. The van der Waals surface area contributed by atoms with Crippen LogP contribution in [0.25, 0.3) is 44.8 Å². The Morgan fingerprint density at radius 2 is 1.04 bits per heavy atom. The predicted octanol–water partition coefficient (Wildman–Crippen LogP) is 7.43. The molecule has 0 bridgehead atoms. The fraction of sp³-hybridized carbons (Fsp3) is 0.188. The summed E-state index contributed by atoms with van der Waals surface area (Å²) >= 11 is -1.44. The first-order valence-corrected chi connectivity index (χ1v) is 21.5. The van der Waals surface area contributed by atoms with Crippen LogP contribution in [0, 0.1) is 0 Å². The number of ether oxygens (including phenoxy) is 4. The number of carbonyl (C=O) groups excluding carboxylic acids is 1. The molecule has 0 aliphatic heterocycles. The number of aliphatic hydroxyl groups excluding tert-OH is 1. The summed E-state index contributed by atoms with van der Waals surface area (Å²) in [6, 6.07) is 34.1. The maximum absolute atomic E-state index is 10.9. The van der Waals surface area contributed by atoms with Gasteiger partial charge in [-0.1, -0.05) is 72.8 Å². The van der Waals surface area contributed by atoms with Crippen LogP contribution in [0.5, 0.6) is 11.5 Å². The van der Waals surface area contributed by atoms with E-state index in [1.165, 1.54) is 0 Å². The number of aromatic nitrogens is 8. The normalized spacial score (nSPS) is 11.5. The first-order chi connectivity index (χ1) is 32.6. The van der Waals surface area contributed by atoms with Crippen molar-refractivity contribution in [3.8, 4) is 56.3 Å². The Labute approximate surface area is 392 Å². The van der Waals surface area contributed by atoms with E-state index in [-0.39, 0.29) is 32.3 Å². The SMILES string of the molecule is COCOc1ccccc1-c1cc(-c2cnn(C(C)c3ccc(C=O)cc3)c2)c(N)nn1.COCOc1ccccc1-c1cc(-c2cnn(C(C)c3ccc(CO)cc3)c2)c(N)nn1.[O]=[Mn]=[O]. The molecule has 4 heterocycles. The van der Waals surface area contributed by atoms with Crippen LogP contribution in [0.3, 0.4) is 0 Å².